The normalized spacial score (nSPS) is 25.9. The van der Waals surface area contributed by atoms with E-state index in [0.29, 0.717) is 6.04 Å². The highest BCUT2D eigenvalue weighted by Crippen LogP contribution is 2.31. The van der Waals surface area contributed by atoms with Gasteiger partial charge in [-0.1, -0.05) is 37.5 Å². The third-order valence-electron chi connectivity index (χ3n) is 4.13. The quantitative estimate of drug-likeness (QED) is 0.822. The molecule has 2 N–H and O–H groups in total. The van der Waals surface area contributed by atoms with Gasteiger partial charge in [-0.05, 0) is 43.7 Å². The van der Waals surface area contributed by atoms with Gasteiger partial charge in [-0.25, -0.2) is 0 Å². The fourth-order valence-electron chi connectivity index (χ4n) is 2.68. The molecule has 1 unspecified atom stereocenters. The lowest BCUT2D eigenvalue weighted by Crippen LogP contribution is -2.34. The largest absolute Gasteiger partial charge is 0.327 e. The van der Waals surface area contributed by atoms with Gasteiger partial charge in [0.15, 0.2) is 0 Å². The van der Waals surface area contributed by atoms with Crippen molar-refractivity contribution in [2.45, 2.75) is 50.5 Å². The average Bonchev–Trinajstić information content (AvgIpc) is 2.38. The van der Waals surface area contributed by atoms with E-state index < -0.39 is 0 Å². The van der Waals surface area contributed by atoms with E-state index >= 15 is 0 Å². The minimum atomic E-state index is 0.365. The van der Waals surface area contributed by atoms with E-state index in [1.54, 1.807) is 0 Å². The van der Waals surface area contributed by atoms with Crippen LogP contribution in [0.5, 0.6) is 0 Å². The Morgan fingerprint density at radius 1 is 1.17 bits per heavy atom. The summed E-state index contributed by atoms with van der Waals surface area (Å²) in [5, 5.41) is 0. The zero-order chi connectivity index (χ0) is 13.0. The highest BCUT2D eigenvalue weighted by atomic mass is 32.2. The molecular formula is C16H25NS. The minimum absolute atomic E-state index is 0.365. The monoisotopic (exact) mass is 263 g/mol. The average molecular weight is 263 g/mol. The number of benzene rings is 1. The summed E-state index contributed by atoms with van der Waals surface area (Å²) in [4.78, 5) is 1.35. The molecule has 0 radical (unpaired) electrons. The second-order valence-corrected chi connectivity index (χ2v) is 6.90. The van der Waals surface area contributed by atoms with Crippen molar-refractivity contribution in [3.8, 4) is 0 Å². The summed E-state index contributed by atoms with van der Waals surface area (Å²) in [7, 11) is 0. The van der Waals surface area contributed by atoms with E-state index in [1.807, 2.05) is 11.8 Å². The van der Waals surface area contributed by atoms with E-state index in [-0.39, 0.29) is 0 Å². The van der Waals surface area contributed by atoms with Gasteiger partial charge < -0.3 is 5.73 Å². The van der Waals surface area contributed by atoms with Crippen molar-refractivity contribution < 1.29 is 0 Å². The maximum atomic E-state index is 6.35. The first-order valence-electron chi connectivity index (χ1n) is 7.10. The SMILES string of the molecule is Cc1ccc(SCC(N)C2CCC(C)CC2)cc1. The van der Waals surface area contributed by atoms with Crippen molar-refractivity contribution >= 4 is 11.8 Å². The van der Waals surface area contributed by atoms with E-state index in [9.17, 15) is 0 Å². The van der Waals surface area contributed by atoms with Gasteiger partial charge in [0.05, 0.1) is 0 Å². The molecule has 0 saturated heterocycles. The molecule has 1 fully saturated rings. The zero-order valence-electron chi connectivity index (χ0n) is 11.6. The van der Waals surface area contributed by atoms with Gasteiger partial charge in [0.1, 0.15) is 0 Å². The van der Waals surface area contributed by atoms with E-state index in [2.05, 4.69) is 38.1 Å². The Kier molecular flexibility index (Phi) is 5.13. The first-order valence-corrected chi connectivity index (χ1v) is 8.09. The van der Waals surface area contributed by atoms with Gasteiger partial charge in [-0.2, -0.15) is 0 Å². The smallest absolute Gasteiger partial charge is 0.0162 e. The Hall–Kier alpha value is -0.470. The summed E-state index contributed by atoms with van der Waals surface area (Å²) in [5.41, 5.74) is 7.67. The van der Waals surface area contributed by atoms with E-state index in [4.69, 9.17) is 5.73 Å². The highest BCUT2D eigenvalue weighted by Gasteiger charge is 2.23. The molecule has 18 heavy (non-hydrogen) atoms. The molecule has 1 aromatic rings. The second-order valence-electron chi connectivity index (χ2n) is 5.81. The Labute approximate surface area is 116 Å². The van der Waals surface area contributed by atoms with Crippen LogP contribution < -0.4 is 5.73 Å². The predicted molar refractivity (Wildman–Crippen MR) is 81.0 cm³/mol. The molecule has 1 aliphatic rings. The molecule has 0 heterocycles. The molecule has 0 bridgehead atoms. The summed E-state index contributed by atoms with van der Waals surface area (Å²) in [5.74, 6) is 2.72. The van der Waals surface area contributed by atoms with Crippen molar-refractivity contribution in [1.29, 1.82) is 0 Å². The van der Waals surface area contributed by atoms with E-state index in [1.165, 1.54) is 36.1 Å². The number of aryl methyl sites for hydroxylation is 1. The Bertz CT molecular complexity index is 352. The molecule has 1 saturated carbocycles. The molecule has 2 heteroatoms. The Morgan fingerprint density at radius 3 is 2.39 bits per heavy atom. The summed E-state index contributed by atoms with van der Waals surface area (Å²) in [6, 6.07) is 9.13. The van der Waals surface area contributed by atoms with Crippen LogP contribution in [-0.2, 0) is 0 Å². The second kappa shape index (κ2) is 6.63. The molecule has 2 rings (SSSR count). The van der Waals surface area contributed by atoms with Crippen LogP contribution in [0, 0.1) is 18.8 Å². The number of hydrogen-bond donors (Lipinski definition) is 1. The number of hydrogen-bond acceptors (Lipinski definition) is 2. The van der Waals surface area contributed by atoms with Crippen LogP contribution in [0.2, 0.25) is 0 Å². The third kappa shape index (κ3) is 4.03. The number of thioether (sulfide) groups is 1. The van der Waals surface area contributed by atoms with Crippen LogP contribution in [0.4, 0.5) is 0 Å². The van der Waals surface area contributed by atoms with E-state index in [0.717, 1.165) is 17.6 Å². The summed E-state index contributed by atoms with van der Waals surface area (Å²) in [6.45, 7) is 4.49. The minimum Gasteiger partial charge on any atom is -0.327 e. The zero-order valence-corrected chi connectivity index (χ0v) is 12.4. The molecule has 1 atom stereocenters. The molecule has 0 aromatic heterocycles. The first kappa shape index (κ1) is 14.0. The lowest BCUT2D eigenvalue weighted by Gasteiger charge is -2.30. The summed E-state index contributed by atoms with van der Waals surface area (Å²) in [6.07, 6.45) is 5.40. The number of nitrogens with two attached hydrogens (primary N) is 1. The lowest BCUT2D eigenvalue weighted by molar-refractivity contribution is 0.264. The van der Waals surface area contributed by atoms with Crippen molar-refractivity contribution in [1.82, 2.24) is 0 Å². The van der Waals surface area contributed by atoms with Gasteiger partial charge in [0, 0.05) is 16.7 Å². The molecule has 1 aliphatic carbocycles. The fraction of sp³-hybridized carbons (Fsp3) is 0.625. The fourth-order valence-corrected chi connectivity index (χ4v) is 3.66. The van der Waals surface area contributed by atoms with Crippen LogP contribution in [0.3, 0.4) is 0 Å². The van der Waals surface area contributed by atoms with Crippen LogP contribution in [-0.4, -0.2) is 11.8 Å². The maximum Gasteiger partial charge on any atom is 0.0162 e. The van der Waals surface area contributed by atoms with Crippen molar-refractivity contribution in [3.63, 3.8) is 0 Å². The van der Waals surface area contributed by atoms with Crippen molar-refractivity contribution in [2.75, 3.05) is 5.75 Å². The van der Waals surface area contributed by atoms with Gasteiger partial charge in [-0.3, -0.25) is 0 Å². The van der Waals surface area contributed by atoms with Crippen LogP contribution in [0.15, 0.2) is 29.2 Å². The van der Waals surface area contributed by atoms with Gasteiger partial charge in [-0.15, -0.1) is 11.8 Å². The Balaban J connectivity index is 1.77. The van der Waals surface area contributed by atoms with Crippen LogP contribution >= 0.6 is 11.8 Å². The molecular weight excluding hydrogens is 238 g/mol. The van der Waals surface area contributed by atoms with Crippen molar-refractivity contribution in [2.24, 2.45) is 17.6 Å². The molecule has 0 aliphatic heterocycles. The highest BCUT2D eigenvalue weighted by molar-refractivity contribution is 7.99. The molecule has 1 aromatic carbocycles. The standard InChI is InChI=1S/C16H25NS/c1-12-3-7-14(8-4-12)16(17)11-18-15-9-5-13(2)6-10-15/h5-6,9-10,12,14,16H,3-4,7-8,11,17H2,1-2H3. The summed E-state index contributed by atoms with van der Waals surface area (Å²) < 4.78 is 0. The molecule has 0 amide bonds. The summed E-state index contributed by atoms with van der Waals surface area (Å²) >= 11 is 1.91. The lowest BCUT2D eigenvalue weighted by atomic mass is 9.80. The van der Waals surface area contributed by atoms with Gasteiger partial charge in [0.2, 0.25) is 0 Å². The number of rotatable bonds is 4. The third-order valence-corrected chi connectivity index (χ3v) is 5.29. The predicted octanol–water partition coefficient (Wildman–Crippen LogP) is 4.24. The molecule has 1 nitrogen and oxygen atoms in total. The first-order chi connectivity index (χ1) is 8.65. The van der Waals surface area contributed by atoms with Crippen molar-refractivity contribution in [3.05, 3.63) is 29.8 Å². The van der Waals surface area contributed by atoms with Gasteiger partial charge in [0.25, 0.3) is 0 Å². The maximum absolute atomic E-state index is 6.35. The molecule has 100 valence electrons. The van der Waals surface area contributed by atoms with Crippen LogP contribution in [0.1, 0.15) is 38.2 Å². The topological polar surface area (TPSA) is 26.0 Å². The molecule has 0 spiro atoms. The van der Waals surface area contributed by atoms with Crippen LogP contribution in [0.25, 0.3) is 0 Å². The Morgan fingerprint density at radius 2 is 1.78 bits per heavy atom. The van der Waals surface area contributed by atoms with Gasteiger partial charge >= 0.3 is 0 Å².